The van der Waals surface area contributed by atoms with E-state index in [0.717, 1.165) is 12.0 Å². The van der Waals surface area contributed by atoms with E-state index in [0.29, 0.717) is 69.8 Å². The van der Waals surface area contributed by atoms with Crippen LogP contribution in [-0.2, 0) is 47.7 Å². The second kappa shape index (κ2) is 25.9. The van der Waals surface area contributed by atoms with Gasteiger partial charge in [0.05, 0.1) is 24.4 Å². The van der Waals surface area contributed by atoms with Gasteiger partial charge in [0.25, 0.3) is 11.7 Å². The van der Waals surface area contributed by atoms with Crippen LogP contribution in [0.4, 0.5) is 0 Å². The van der Waals surface area contributed by atoms with Crippen LogP contribution in [0, 0.1) is 29.6 Å². The van der Waals surface area contributed by atoms with Gasteiger partial charge in [-0.25, -0.2) is 4.79 Å². The van der Waals surface area contributed by atoms with Crippen LogP contribution in [0.3, 0.4) is 0 Å². The van der Waals surface area contributed by atoms with E-state index in [4.69, 9.17) is 29.2 Å². The average Bonchev–Trinajstić information content (AvgIpc) is 3.30. The number of cyclic esters (lactones) is 1. The molecule has 368 valence electrons. The lowest BCUT2D eigenvalue weighted by Crippen LogP contribution is -2.61. The predicted octanol–water partition coefficient (Wildman–Crippen LogP) is 7.25. The number of allylic oxidation sites excluding steroid dienone is 6. The number of esters is 1. The number of aliphatic hydroxyl groups excluding tert-OH is 1. The Labute approximate surface area is 391 Å². The molecular formula is C50H76N4O12. The second-order valence-electron chi connectivity index (χ2n) is 19.2. The maximum absolute atomic E-state index is 14.4. The molecule has 3 fully saturated rings. The number of azide groups is 1. The third-order valence-corrected chi connectivity index (χ3v) is 14.4. The minimum absolute atomic E-state index is 0.0792. The first-order chi connectivity index (χ1) is 31.4. The van der Waals surface area contributed by atoms with E-state index in [1.54, 1.807) is 48.0 Å². The van der Waals surface area contributed by atoms with Crippen molar-refractivity contribution >= 4 is 29.2 Å². The molecular weight excluding hydrogens is 849 g/mol. The lowest BCUT2D eigenvalue weighted by Gasteiger charge is -2.42. The molecule has 0 spiro atoms. The Morgan fingerprint density at radius 1 is 0.924 bits per heavy atom. The number of hydrogen-bond donors (Lipinski definition) is 2. The van der Waals surface area contributed by atoms with Crippen molar-refractivity contribution in [2.75, 3.05) is 27.9 Å². The summed E-state index contributed by atoms with van der Waals surface area (Å²) in [6, 6.07) is -1.46. The molecule has 2 saturated heterocycles. The first kappa shape index (κ1) is 54.6. The monoisotopic (exact) mass is 925 g/mol. The first-order valence-corrected chi connectivity index (χ1v) is 23.9. The Kier molecular flexibility index (Phi) is 21.4. The van der Waals surface area contributed by atoms with Crippen molar-refractivity contribution in [3.63, 3.8) is 0 Å². The molecule has 14 atom stereocenters. The number of nitrogens with zero attached hydrogens (tertiary/aromatic N) is 4. The molecule has 0 aromatic rings. The second-order valence-corrected chi connectivity index (χ2v) is 19.2. The summed E-state index contributed by atoms with van der Waals surface area (Å²) >= 11 is 0. The van der Waals surface area contributed by atoms with Crippen molar-refractivity contribution in [2.45, 2.75) is 180 Å². The van der Waals surface area contributed by atoms with Crippen LogP contribution in [0.15, 0.2) is 52.7 Å². The Bertz CT molecular complexity index is 1860. The Balaban J connectivity index is 1.69. The highest BCUT2D eigenvalue weighted by molar-refractivity contribution is 6.39. The normalized spacial score (nSPS) is 38.7. The molecule has 0 radical (unpaired) electrons. The zero-order chi connectivity index (χ0) is 48.7. The predicted molar refractivity (Wildman–Crippen MR) is 248 cm³/mol. The zero-order valence-electron chi connectivity index (χ0n) is 40.6. The maximum atomic E-state index is 14.4. The van der Waals surface area contributed by atoms with Crippen LogP contribution >= 0.6 is 0 Å². The van der Waals surface area contributed by atoms with Crippen LogP contribution in [0.5, 0.6) is 0 Å². The zero-order valence-corrected chi connectivity index (χ0v) is 40.6. The molecule has 0 aromatic carbocycles. The molecule has 1 unspecified atom stereocenters. The number of aliphatic hydroxyl groups is 2. The first-order valence-electron chi connectivity index (χ1n) is 23.9. The summed E-state index contributed by atoms with van der Waals surface area (Å²) in [7, 11) is 4.52. The fourth-order valence-electron chi connectivity index (χ4n) is 9.97. The lowest BCUT2D eigenvalue weighted by molar-refractivity contribution is -0.265. The van der Waals surface area contributed by atoms with E-state index in [-0.39, 0.29) is 54.9 Å². The fourth-order valence-corrected chi connectivity index (χ4v) is 9.97. The highest BCUT2D eigenvalue weighted by Crippen LogP contribution is 2.38. The molecule has 16 nitrogen and oxygen atoms in total. The molecule has 1 saturated carbocycles. The van der Waals surface area contributed by atoms with Crippen molar-refractivity contribution in [2.24, 2.45) is 34.7 Å². The average molecular weight is 925 g/mol. The van der Waals surface area contributed by atoms with E-state index < -0.39 is 77.8 Å². The number of Topliss-reactive ketones (excluding diaryl/α,β-unsaturated/α-hetero) is 3. The van der Waals surface area contributed by atoms with Gasteiger partial charge in [0.2, 0.25) is 5.79 Å². The van der Waals surface area contributed by atoms with E-state index >= 15 is 0 Å². The summed E-state index contributed by atoms with van der Waals surface area (Å²) < 4.78 is 29.5. The summed E-state index contributed by atoms with van der Waals surface area (Å²) in [6.07, 6.45) is 12.3. The van der Waals surface area contributed by atoms with Crippen molar-refractivity contribution in [3.05, 3.63) is 58.0 Å². The highest BCUT2D eigenvalue weighted by atomic mass is 16.6. The molecule has 16 heteroatoms. The molecule has 4 aliphatic rings. The summed E-state index contributed by atoms with van der Waals surface area (Å²) in [5.41, 5.74) is 10.4. The Morgan fingerprint density at radius 3 is 2.35 bits per heavy atom. The Hall–Kier alpha value is -4.02. The molecule has 3 aliphatic heterocycles. The third kappa shape index (κ3) is 14.3. The quantitative estimate of drug-likeness (QED) is 0.0643. The standard InChI is InChI=1S/C50H76N4O12/c1-30-17-13-11-10-12-14-18-31(2)44(56)46(64-9)45(57)34(5)25-32(3)40(55)29-42(33(4)26-36-21-23-38(52-53-51)43(27-36)63-8)65-49(60)39-19-15-16-24-54(39)48(59)47(58)50(61)35(6)20-22-37(66-50)28-41(30)62-7/h10-13,17,25,31-33,35-39,41-43,45-46,57,61H,14-16,18-24,26-29H2,1-9H3/b12-10+,13-11+,30-17+,34-25+/t31-,32-,33-,35-,36+,37+,38?,39+,41+,42+,43-,45-,46+,50-/m1/s1. The number of piperidine rings is 1. The number of amides is 1. The topological polar surface area (TPSA) is 224 Å². The number of carbonyl (C=O) groups is 5. The highest BCUT2D eigenvalue weighted by Gasteiger charge is 2.53. The van der Waals surface area contributed by atoms with Gasteiger partial charge in [0, 0.05) is 63.4 Å². The van der Waals surface area contributed by atoms with E-state index in [1.807, 2.05) is 44.2 Å². The molecule has 0 aromatic heterocycles. The summed E-state index contributed by atoms with van der Waals surface area (Å²) in [5, 5.41) is 27.2. The van der Waals surface area contributed by atoms with Crippen molar-refractivity contribution in [1.29, 1.82) is 0 Å². The van der Waals surface area contributed by atoms with Gasteiger partial charge < -0.3 is 38.8 Å². The van der Waals surface area contributed by atoms with Gasteiger partial charge >= 0.3 is 5.97 Å². The van der Waals surface area contributed by atoms with Crippen molar-refractivity contribution in [3.8, 4) is 0 Å². The number of methoxy groups -OCH3 is 3. The summed E-state index contributed by atoms with van der Waals surface area (Å²) in [5.74, 6) is -8.06. The van der Waals surface area contributed by atoms with Gasteiger partial charge in [-0.3, -0.25) is 19.2 Å². The number of ketones is 3. The SMILES string of the molecule is CO[C@H]1C[C@@H]2CC[C@@H](C)[C@@](O)(O2)C(=O)C(=O)N2CCCC[C@H]2C(=O)O[C@H]([C@H](C)C[C@@H]2CCC(N=[N+]=[N-])[C@H](OC)C2)CC(=O)[C@H](C)/C=C(\C)[C@@H](O)[C@@H](OC)C(=O)[C@H](C)CC/C=C/C=C/C=C/1C. The minimum Gasteiger partial charge on any atom is -0.460 e. The van der Waals surface area contributed by atoms with Crippen molar-refractivity contribution in [1.82, 2.24) is 4.90 Å². The number of rotatable bonds is 7. The molecule has 4 rings (SSSR count). The molecule has 2 bridgehead atoms. The molecule has 1 aliphatic carbocycles. The molecule has 1 amide bonds. The van der Waals surface area contributed by atoms with E-state index in [9.17, 15) is 34.2 Å². The maximum Gasteiger partial charge on any atom is 0.329 e. The summed E-state index contributed by atoms with van der Waals surface area (Å²) in [6.45, 7) is 10.7. The lowest BCUT2D eigenvalue weighted by atomic mass is 9.78. The fraction of sp³-hybridized carbons (Fsp3) is 0.740. The van der Waals surface area contributed by atoms with E-state index in [2.05, 4.69) is 10.0 Å². The van der Waals surface area contributed by atoms with Gasteiger partial charge in [-0.15, -0.1) is 0 Å². The van der Waals surface area contributed by atoms with Gasteiger partial charge in [-0.2, -0.15) is 0 Å². The van der Waals surface area contributed by atoms with E-state index in [1.165, 1.54) is 12.0 Å². The third-order valence-electron chi connectivity index (χ3n) is 14.4. The van der Waals surface area contributed by atoms with Crippen molar-refractivity contribution < 1.29 is 57.9 Å². The van der Waals surface area contributed by atoms with Crippen LogP contribution in [0.1, 0.15) is 125 Å². The molecule has 3 heterocycles. The van der Waals surface area contributed by atoms with Gasteiger partial charge in [0.1, 0.15) is 30.1 Å². The van der Waals surface area contributed by atoms with Gasteiger partial charge in [-0.1, -0.05) is 69.3 Å². The number of fused-ring (bicyclic) bond motifs is 3. The largest absolute Gasteiger partial charge is 0.460 e. The number of hydrogen-bond acceptors (Lipinski definition) is 13. The van der Waals surface area contributed by atoms with Gasteiger partial charge in [-0.05, 0) is 113 Å². The summed E-state index contributed by atoms with van der Waals surface area (Å²) in [4.78, 5) is 74.7. The van der Waals surface area contributed by atoms with Crippen LogP contribution < -0.4 is 0 Å². The minimum atomic E-state index is -2.43. The smallest absolute Gasteiger partial charge is 0.329 e. The van der Waals surface area contributed by atoms with Crippen LogP contribution in [0.25, 0.3) is 10.4 Å². The molecule has 2 N–H and O–H groups in total. The van der Waals surface area contributed by atoms with Crippen LogP contribution in [0.2, 0.25) is 0 Å². The number of carbonyl (C=O) groups excluding carboxylic acids is 5. The molecule has 66 heavy (non-hydrogen) atoms. The number of ether oxygens (including phenoxy) is 5. The van der Waals surface area contributed by atoms with Crippen LogP contribution in [-0.4, -0.2) is 127 Å². The van der Waals surface area contributed by atoms with Gasteiger partial charge in [0.15, 0.2) is 5.78 Å². The Morgan fingerprint density at radius 2 is 1.67 bits per heavy atom.